The lowest BCUT2D eigenvalue weighted by atomic mass is 9.55. The van der Waals surface area contributed by atoms with Gasteiger partial charge < -0.3 is 43.4 Å². The van der Waals surface area contributed by atoms with Gasteiger partial charge in [-0.3, -0.25) is 0 Å². The topological polar surface area (TPSA) is 186 Å². The Bertz CT molecular complexity index is 1120. The summed E-state index contributed by atoms with van der Waals surface area (Å²) < 4.78 is 48.8. The second kappa shape index (κ2) is 9.19. The zero-order valence-corrected chi connectivity index (χ0v) is 20.5. The van der Waals surface area contributed by atoms with Crippen molar-refractivity contribution >= 4 is 16.4 Å². The minimum atomic E-state index is -4.84. The van der Waals surface area contributed by atoms with Crippen LogP contribution in [0.4, 0.5) is 0 Å². The van der Waals surface area contributed by atoms with Crippen molar-refractivity contribution in [1.82, 2.24) is 0 Å². The van der Waals surface area contributed by atoms with Gasteiger partial charge in [-0.05, 0) is 85.0 Å². The molecule has 0 aromatic heterocycles. The molecule has 1 aromatic rings. The number of ether oxygens (including phenoxy) is 2. The standard InChI is InChI=1S/C24H32O11S/c1-24-9-8-14-13-5-3-12(35-36(30,31)32)10-11(13)2-4-15(14)16(24)6-7-17(24)33-23-20(27)18(25)19(26)21(34-23)22(28)29/h3,5,10,14-21,23,25-27H,2,4,6-9H2,1H3,(H,28,29)(H,30,31,32)/p-2. The van der Waals surface area contributed by atoms with Gasteiger partial charge in [0.15, 0.2) is 6.29 Å². The minimum absolute atomic E-state index is 0.0189. The number of carbonyl (C=O) groups is 1. The summed E-state index contributed by atoms with van der Waals surface area (Å²) in [4.78, 5) is 11.3. The number of aliphatic hydroxyl groups is 3. The highest BCUT2D eigenvalue weighted by Crippen LogP contribution is 2.62. The summed E-state index contributed by atoms with van der Waals surface area (Å²) in [5.74, 6) is -0.772. The van der Waals surface area contributed by atoms with Crippen molar-refractivity contribution in [3.8, 4) is 5.75 Å². The average molecular weight is 527 g/mol. The van der Waals surface area contributed by atoms with Gasteiger partial charge in [0.1, 0.15) is 30.2 Å². The lowest BCUT2D eigenvalue weighted by Gasteiger charge is -2.51. The van der Waals surface area contributed by atoms with Gasteiger partial charge in [0.25, 0.3) is 10.4 Å². The SMILES string of the molecule is CC12CCC3c4ccc(OS(=O)(=O)[O-])cc4CCC3C1CCC2OC1OC(C(=O)[O-])C(O)C(O)C1O. The molecule has 0 bridgehead atoms. The third-order valence-electron chi connectivity index (χ3n) is 8.91. The molecule has 1 aliphatic heterocycles. The molecule has 1 saturated heterocycles. The van der Waals surface area contributed by atoms with Crippen LogP contribution in [0.25, 0.3) is 0 Å². The highest BCUT2D eigenvalue weighted by Gasteiger charge is 2.57. The fraction of sp³-hybridized carbons (Fsp3) is 0.708. The van der Waals surface area contributed by atoms with Gasteiger partial charge in [-0.2, -0.15) is 0 Å². The summed E-state index contributed by atoms with van der Waals surface area (Å²) >= 11 is 0. The number of carboxylic acids is 1. The molecule has 3 N–H and O–H groups in total. The summed E-state index contributed by atoms with van der Waals surface area (Å²) in [6, 6.07) is 4.99. The number of carbonyl (C=O) groups excluding carboxylic acids is 1. The lowest BCUT2D eigenvalue weighted by molar-refractivity contribution is -0.355. The van der Waals surface area contributed by atoms with Gasteiger partial charge in [0.2, 0.25) is 0 Å². The molecule has 1 aromatic carbocycles. The molecule has 4 aliphatic rings. The number of fused-ring (bicyclic) bond motifs is 5. The molecule has 11 nitrogen and oxygen atoms in total. The van der Waals surface area contributed by atoms with Crippen LogP contribution in [0, 0.1) is 17.3 Å². The fourth-order valence-electron chi connectivity index (χ4n) is 7.22. The second-order valence-corrected chi connectivity index (χ2v) is 11.7. The first-order chi connectivity index (χ1) is 16.9. The van der Waals surface area contributed by atoms with Crippen LogP contribution in [0.2, 0.25) is 0 Å². The molecule has 36 heavy (non-hydrogen) atoms. The summed E-state index contributed by atoms with van der Waals surface area (Å²) in [6.07, 6.45) is -3.96. The lowest BCUT2D eigenvalue weighted by Crippen LogP contribution is -2.63. The number of aryl methyl sites for hydroxylation is 1. The molecule has 2 saturated carbocycles. The van der Waals surface area contributed by atoms with E-state index in [4.69, 9.17) is 9.47 Å². The molecule has 0 spiro atoms. The molecule has 3 fully saturated rings. The molecule has 0 radical (unpaired) electrons. The van der Waals surface area contributed by atoms with Gasteiger partial charge in [0.05, 0.1) is 12.1 Å². The smallest absolute Gasteiger partial charge is 0.262 e. The van der Waals surface area contributed by atoms with Crippen LogP contribution in [-0.2, 0) is 31.1 Å². The van der Waals surface area contributed by atoms with Gasteiger partial charge in [-0.15, -0.1) is 0 Å². The number of hydrogen-bond donors (Lipinski definition) is 3. The quantitative estimate of drug-likeness (QED) is 0.326. The van der Waals surface area contributed by atoms with E-state index in [1.54, 1.807) is 6.07 Å². The summed E-state index contributed by atoms with van der Waals surface area (Å²) in [7, 11) is -4.84. The summed E-state index contributed by atoms with van der Waals surface area (Å²) in [5.41, 5.74) is 1.85. The van der Waals surface area contributed by atoms with E-state index < -0.39 is 47.1 Å². The van der Waals surface area contributed by atoms with Crippen LogP contribution in [-0.4, -0.2) is 71.1 Å². The Morgan fingerprint density at radius 2 is 1.86 bits per heavy atom. The van der Waals surface area contributed by atoms with Crippen molar-refractivity contribution in [3.63, 3.8) is 0 Å². The summed E-state index contributed by atoms with van der Waals surface area (Å²) in [5, 5.41) is 41.8. The maximum Gasteiger partial charge on any atom is 0.262 e. The highest BCUT2D eigenvalue weighted by molar-refractivity contribution is 7.81. The molecule has 200 valence electrons. The average Bonchev–Trinajstić information content (AvgIpc) is 3.13. The van der Waals surface area contributed by atoms with E-state index in [2.05, 4.69) is 11.1 Å². The summed E-state index contributed by atoms with van der Waals surface area (Å²) in [6.45, 7) is 2.13. The second-order valence-electron chi connectivity index (χ2n) is 10.7. The van der Waals surface area contributed by atoms with E-state index in [9.17, 15) is 38.2 Å². The van der Waals surface area contributed by atoms with Crippen molar-refractivity contribution in [2.45, 2.75) is 88.2 Å². The molecule has 12 heteroatoms. The maximum absolute atomic E-state index is 11.3. The Labute approximate surface area is 208 Å². The molecule has 10 unspecified atom stereocenters. The van der Waals surface area contributed by atoms with Crippen LogP contribution in [0.3, 0.4) is 0 Å². The molecular formula is C24H30O11S-2. The Balaban J connectivity index is 1.32. The zero-order chi connectivity index (χ0) is 26.0. The first-order valence-corrected chi connectivity index (χ1v) is 13.6. The zero-order valence-electron chi connectivity index (χ0n) is 19.7. The maximum atomic E-state index is 11.3. The number of benzene rings is 1. The van der Waals surface area contributed by atoms with Crippen molar-refractivity contribution < 1.29 is 51.8 Å². The predicted octanol–water partition coefficient (Wildman–Crippen LogP) is -0.676. The molecule has 10 atom stereocenters. The van der Waals surface area contributed by atoms with Crippen molar-refractivity contribution in [2.24, 2.45) is 17.3 Å². The van der Waals surface area contributed by atoms with E-state index in [0.717, 1.165) is 36.8 Å². The number of hydrogen-bond acceptors (Lipinski definition) is 11. The van der Waals surface area contributed by atoms with Crippen molar-refractivity contribution in [3.05, 3.63) is 29.3 Å². The van der Waals surface area contributed by atoms with E-state index in [0.29, 0.717) is 24.7 Å². The Morgan fingerprint density at radius 3 is 2.56 bits per heavy atom. The molecule has 0 amide bonds. The van der Waals surface area contributed by atoms with Crippen molar-refractivity contribution in [2.75, 3.05) is 0 Å². The van der Waals surface area contributed by atoms with Crippen LogP contribution in [0.5, 0.6) is 5.75 Å². The third kappa shape index (κ3) is 4.42. The Morgan fingerprint density at radius 1 is 1.11 bits per heavy atom. The number of carboxylic acid groups (broad SMARTS) is 1. The van der Waals surface area contributed by atoms with E-state index in [-0.39, 0.29) is 23.2 Å². The number of aliphatic carboxylic acids is 1. The van der Waals surface area contributed by atoms with E-state index in [1.165, 1.54) is 6.07 Å². The fourth-order valence-corrected chi connectivity index (χ4v) is 7.56. The monoisotopic (exact) mass is 526 g/mol. The third-order valence-corrected chi connectivity index (χ3v) is 9.31. The first kappa shape index (κ1) is 25.8. The van der Waals surface area contributed by atoms with Crippen LogP contribution < -0.4 is 9.29 Å². The number of aliphatic hydroxyl groups excluding tert-OH is 3. The normalized spacial score (nSPS) is 42.2. The molecule has 5 rings (SSSR count). The van der Waals surface area contributed by atoms with Crippen LogP contribution in [0.1, 0.15) is 56.1 Å². The largest absolute Gasteiger partial charge is 0.716 e. The first-order valence-electron chi connectivity index (χ1n) is 12.2. The highest BCUT2D eigenvalue weighted by atomic mass is 32.3. The van der Waals surface area contributed by atoms with E-state index >= 15 is 0 Å². The van der Waals surface area contributed by atoms with Crippen LogP contribution >= 0.6 is 0 Å². The van der Waals surface area contributed by atoms with Gasteiger partial charge in [0, 0.05) is 0 Å². The molecular weight excluding hydrogens is 496 g/mol. The molecule has 3 aliphatic carbocycles. The minimum Gasteiger partial charge on any atom is -0.716 e. The van der Waals surface area contributed by atoms with Crippen molar-refractivity contribution in [1.29, 1.82) is 0 Å². The van der Waals surface area contributed by atoms with Gasteiger partial charge >= 0.3 is 0 Å². The Kier molecular flexibility index (Phi) is 6.60. The van der Waals surface area contributed by atoms with Crippen LogP contribution in [0.15, 0.2) is 18.2 Å². The Hall–Kier alpha value is -1.80. The van der Waals surface area contributed by atoms with Gasteiger partial charge in [-0.25, -0.2) is 8.42 Å². The molecule has 1 heterocycles. The predicted molar refractivity (Wildman–Crippen MR) is 118 cm³/mol. The van der Waals surface area contributed by atoms with Gasteiger partial charge in [-0.1, -0.05) is 13.0 Å². The van der Waals surface area contributed by atoms with E-state index in [1.807, 2.05) is 6.07 Å². The number of rotatable bonds is 5.